The Bertz CT molecular complexity index is 1110. The summed E-state index contributed by atoms with van der Waals surface area (Å²) in [6.45, 7) is 0.0973. The third-order valence-electron chi connectivity index (χ3n) is 4.19. The average molecular weight is 437 g/mol. The third kappa shape index (κ3) is 3.92. The average Bonchev–Trinajstić information content (AvgIpc) is 3.35. The number of benzene rings is 2. The molecule has 1 aromatic heterocycles. The SMILES string of the molecule is COc1cc(-c2nocc2-c2ccc(SC)c(OP(=O)(O)O)c2)cc2c1OCO2. The number of rotatable bonds is 6. The van der Waals surface area contributed by atoms with Crippen LogP contribution in [0.15, 0.2) is 46.0 Å². The molecule has 1 aliphatic heterocycles. The first-order valence-corrected chi connectivity index (χ1v) is 11.0. The van der Waals surface area contributed by atoms with Crippen LogP contribution >= 0.6 is 19.6 Å². The third-order valence-corrected chi connectivity index (χ3v) is 5.41. The number of aromatic nitrogens is 1. The zero-order chi connectivity index (χ0) is 20.6. The molecule has 29 heavy (non-hydrogen) atoms. The Morgan fingerprint density at radius 3 is 2.66 bits per heavy atom. The lowest BCUT2D eigenvalue weighted by molar-refractivity contribution is 0.171. The van der Waals surface area contributed by atoms with Crippen LogP contribution in [0.1, 0.15) is 0 Å². The van der Waals surface area contributed by atoms with Gasteiger partial charge in [-0.25, -0.2) is 4.57 Å². The summed E-state index contributed by atoms with van der Waals surface area (Å²) >= 11 is 1.31. The Morgan fingerprint density at radius 1 is 1.14 bits per heavy atom. The maximum Gasteiger partial charge on any atom is 0.524 e. The van der Waals surface area contributed by atoms with Gasteiger partial charge in [0.15, 0.2) is 11.5 Å². The van der Waals surface area contributed by atoms with E-state index in [0.29, 0.717) is 44.5 Å². The molecule has 0 amide bonds. The lowest BCUT2D eigenvalue weighted by Crippen LogP contribution is -1.93. The van der Waals surface area contributed by atoms with Gasteiger partial charge < -0.3 is 23.3 Å². The minimum atomic E-state index is -4.71. The number of ether oxygens (including phenoxy) is 3. The van der Waals surface area contributed by atoms with E-state index in [9.17, 15) is 14.4 Å². The quantitative estimate of drug-likeness (QED) is 0.433. The van der Waals surface area contributed by atoms with E-state index in [1.54, 1.807) is 30.5 Å². The smallest absolute Gasteiger partial charge is 0.493 e. The second-order valence-electron chi connectivity index (χ2n) is 5.94. The Labute approximate surface area is 169 Å². The summed E-state index contributed by atoms with van der Waals surface area (Å²) < 4.78 is 37.6. The van der Waals surface area contributed by atoms with Gasteiger partial charge in [0.1, 0.15) is 17.7 Å². The summed E-state index contributed by atoms with van der Waals surface area (Å²) in [5.41, 5.74) is 2.38. The van der Waals surface area contributed by atoms with Crippen molar-refractivity contribution in [2.24, 2.45) is 0 Å². The number of phosphoric acid groups is 1. The first-order valence-electron chi connectivity index (χ1n) is 8.25. The molecule has 0 fully saturated rings. The fraction of sp³-hybridized carbons (Fsp3) is 0.167. The van der Waals surface area contributed by atoms with Gasteiger partial charge in [0.05, 0.1) is 7.11 Å². The van der Waals surface area contributed by atoms with E-state index in [-0.39, 0.29) is 12.5 Å². The van der Waals surface area contributed by atoms with Gasteiger partial charge in [-0.05, 0) is 36.1 Å². The molecule has 0 spiro atoms. The summed E-state index contributed by atoms with van der Waals surface area (Å²) in [5, 5.41) is 4.08. The molecular formula is C18H16NO8PS. The zero-order valence-electron chi connectivity index (χ0n) is 15.3. The van der Waals surface area contributed by atoms with Crippen LogP contribution in [-0.2, 0) is 4.57 Å². The highest BCUT2D eigenvalue weighted by atomic mass is 32.2. The molecule has 2 aromatic carbocycles. The molecule has 0 bridgehead atoms. The van der Waals surface area contributed by atoms with Crippen molar-refractivity contribution in [3.8, 4) is 45.4 Å². The lowest BCUT2D eigenvalue weighted by atomic mass is 10.0. The molecule has 0 saturated heterocycles. The van der Waals surface area contributed by atoms with Gasteiger partial charge in [0.25, 0.3) is 0 Å². The number of fused-ring (bicyclic) bond motifs is 1. The van der Waals surface area contributed by atoms with Gasteiger partial charge in [-0.3, -0.25) is 9.79 Å². The van der Waals surface area contributed by atoms with E-state index in [0.717, 1.165) is 0 Å². The number of methoxy groups -OCH3 is 1. The highest BCUT2D eigenvalue weighted by molar-refractivity contribution is 7.98. The van der Waals surface area contributed by atoms with Crippen molar-refractivity contribution in [2.45, 2.75) is 4.90 Å². The van der Waals surface area contributed by atoms with Crippen LogP contribution in [0.5, 0.6) is 23.0 Å². The highest BCUT2D eigenvalue weighted by Crippen LogP contribution is 2.47. The Balaban J connectivity index is 1.80. The molecule has 0 unspecified atom stereocenters. The number of hydrogen-bond acceptors (Lipinski definition) is 8. The van der Waals surface area contributed by atoms with Gasteiger partial charge >= 0.3 is 7.82 Å². The fourth-order valence-corrected chi connectivity index (χ4v) is 3.93. The maximum absolute atomic E-state index is 11.3. The van der Waals surface area contributed by atoms with Crippen molar-refractivity contribution in [3.63, 3.8) is 0 Å². The fourth-order valence-electron chi connectivity index (χ4n) is 2.96. The van der Waals surface area contributed by atoms with Crippen molar-refractivity contribution >= 4 is 19.6 Å². The van der Waals surface area contributed by atoms with Crippen molar-refractivity contribution in [2.75, 3.05) is 20.2 Å². The predicted octanol–water partition coefficient (Wildman–Crippen LogP) is 3.94. The van der Waals surface area contributed by atoms with Crippen LogP contribution < -0.4 is 18.7 Å². The van der Waals surface area contributed by atoms with E-state index in [2.05, 4.69) is 5.16 Å². The molecule has 11 heteroatoms. The molecule has 2 heterocycles. The first kappa shape index (κ1) is 19.7. The molecule has 0 aliphatic carbocycles. The van der Waals surface area contributed by atoms with Crippen LogP contribution in [0, 0.1) is 0 Å². The van der Waals surface area contributed by atoms with E-state index >= 15 is 0 Å². The van der Waals surface area contributed by atoms with Gasteiger partial charge in [-0.2, -0.15) is 0 Å². The van der Waals surface area contributed by atoms with Crippen LogP contribution in [0.4, 0.5) is 0 Å². The molecule has 1 aliphatic rings. The molecule has 152 valence electrons. The van der Waals surface area contributed by atoms with Gasteiger partial charge in [-0.15, -0.1) is 11.8 Å². The normalized spacial score (nSPS) is 12.8. The Morgan fingerprint density at radius 2 is 1.93 bits per heavy atom. The maximum atomic E-state index is 11.3. The van der Waals surface area contributed by atoms with E-state index in [1.165, 1.54) is 31.2 Å². The second kappa shape index (κ2) is 7.64. The first-order chi connectivity index (χ1) is 13.9. The summed E-state index contributed by atoms with van der Waals surface area (Å²) in [6, 6.07) is 8.54. The molecule has 0 radical (unpaired) electrons. The van der Waals surface area contributed by atoms with Crippen LogP contribution in [0.3, 0.4) is 0 Å². The summed E-state index contributed by atoms with van der Waals surface area (Å²) in [7, 11) is -3.19. The summed E-state index contributed by atoms with van der Waals surface area (Å²) in [6.07, 6.45) is 3.23. The Hall–Kier alpha value is -2.65. The topological polar surface area (TPSA) is 120 Å². The molecule has 9 nitrogen and oxygen atoms in total. The molecule has 3 aromatic rings. The van der Waals surface area contributed by atoms with Crippen LogP contribution in [0.25, 0.3) is 22.4 Å². The van der Waals surface area contributed by atoms with Crippen molar-refractivity contribution in [1.29, 1.82) is 0 Å². The standard InChI is InChI=1S/C18H16NO8PS/c1-23-14-6-11(7-15-18(14)25-9-24-15)17-12(8-26-19-17)10-3-4-16(29-2)13(5-10)27-28(20,21)22/h3-8H,9H2,1-2H3,(H2,20,21,22). The van der Waals surface area contributed by atoms with Gasteiger partial charge in [0.2, 0.25) is 12.5 Å². The monoisotopic (exact) mass is 437 g/mol. The molecule has 0 saturated carbocycles. The zero-order valence-corrected chi connectivity index (χ0v) is 17.0. The molecule has 0 atom stereocenters. The predicted molar refractivity (Wildman–Crippen MR) is 105 cm³/mol. The van der Waals surface area contributed by atoms with Crippen molar-refractivity contribution in [3.05, 3.63) is 36.6 Å². The van der Waals surface area contributed by atoms with Gasteiger partial charge in [-0.1, -0.05) is 11.2 Å². The molecular weight excluding hydrogens is 421 g/mol. The van der Waals surface area contributed by atoms with E-state index in [1.807, 2.05) is 0 Å². The summed E-state index contributed by atoms with van der Waals surface area (Å²) in [4.78, 5) is 19.0. The van der Waals surface area contributed by atoms with Crippen molar-refractivity contribution in [1.82, 2.24) is 5.16 Å². The number of phosphoric ester groups is 1. The number of thioether (sulfide) groups is 1. The lowest BCUT2D eigenvalue weighted by Gasteiger charge is -2.12. The minimum Gasteiger partial charge on any atom is -0.493 e. The second-order valence-corrected chi connectivity index (χ2v) is 7.95. The minimum absolute atomic E-state index is 0.0683. The number of hydrogen-bond donors (Lipinski definition) is 2. The van der Waals surface area contributed by atoms with Crippen LogP contribution in [0.2, 0.25) is 0 Å². The van der Waals surface area contributed by atoms with Crippen LogP contribution in [-0.4, -0.2) is 35.1 Å². The van der Waals surface area contributed by atoms with Crippen molar-refractivity contribution < 1.29 is 37.6 Å². The number of nitrogens with zero attached hydrogens (tertiary/aromatic N) is 1. The molecule has 2 N–H and O–H groups in total. The Kier molecular flexibility index (Phi) is 5.18. The van der Waals surface area contributed by atoms with Gasteiger partial charge in [0, 0.05) is 16.0 Å². The molecule has 4 rings (SSSR count). The summed E-state index contributed by atoms with van der Waals surface area (Å²) in [5.74, 6) is 1.60. The largest absolute Gasteiger partial charge is 0.524 e. The van der Waals surface area contributed by atoms with E-state index < -0.39 is 7.82 Å². The van der Waals surface area contributed by atoms with E-state index in [4.69, 9.17) is 23.3 Å². The highest BCUT2D eigenvalue weighted by Gasteiger charge is 2.24.